The molecule has 0 atom stereocenters. The molecule has 128 valence electrons. The summed E-state index contributed by atoms with van der Waals surface area (Å²) in [4.78, 5) is 14.4. The minimum Gasteiger partial charge on any atom is -0.397 e. The molecule has 1 fully saturated rings. The minimum atomic E-state index is -0.155. The molecule has 1 aromatic carbocycles. The molecular formula is C19H26N4O. The smallest absolute Gasteiger partial charge is 0.338 e. The van der Waals surface area contributed by atoms with E-state index in [2.05, 4.69) is 24.3 Å². The van der Waals surface area contributed by atoms with Crippen molar-refractivity contribution < 1.29 is 4.79 Å². The molecule has 4 N–H and O–H groups in total. The standard InChI is InChI=1S/C19H26N4O/c20-17-8-4-5-9-18(17)23(21)19(24)22-12-10-16(11-13-22)14-15-6-2-1-3-7-15/h1-3,6-9,16H,4-5,10-14,20-21H2. The summed E-state index contributed by atoms with van der Waals surface area (Å²) < 4.78 is 0. The van der Waals surface area contributed by atoms with Crippen molar-refractivity contribution >= 4 is 6.03 Å². The van der Waals surface area contributed by atoms with Crippen molar-refractivity contribution in [3.63, 3.8) is 0 Å². The monoisotopic (exact) mass is 326 g/mol. The fourth-order valence-electron chi connectivity index (χ4n) is 3.45. The molecule has 5 nitrogen and oxygen atoms in total. The molecule has 0 spiro atoms. The lowest BCUT2D eigenvalue weighted by Gasteiger charge is -2.35. The fraction of sp³-hybridized carbons (Fsp3) is 0.421. The summed E-state index contributed by atoms with van der Waals surface area (Å²) in [5.74, 6) is 6.65. The Kier molecular flexibility index (Phi) is 5.20. The van der Waals surface area contributed by atoms with Crippen LogP contribution in [0.25, 0.3) is 0 Å². The topological polar surface area (TPSA) is 75.6 Å². The fourth-order valence-corrected chi connectivity index (χ4v) is 3.45. The first kappa shape index (κ1) is 16.6. The second-order valence-electron chi connectivity index (χ2n) is 6.60. The summed E-state index contributed by atoms with van der Waals surface area (Å²) in [6.07, 6.45) is 8.75. The van der Waals surface area contributed by atoms with E-state index >= 15 is 0 Å². The van der Waals surface area contributed by atoms with E-state index in [1.165, 1.54) is 10.6 Å². The molecule has 2 amide bonds. The van der Waals surface area contributed by atoms with Crippen molar-refractivity contribution in [2.24, 2.45) is 17.5 Å². The number of rotatable bonds is 3. The van der Waals surface area contributed by atoms with Crippen LogP contribution < -0.4 is 11.6 Å². The lowest BCUT2D eigenvalue weighted by Crippen LogP contribution is -2.50. The van der Waals surface area contributed by atoms with Gasteiger partial charge in [-0.15, -0.1) is 0 Å². The van der Waals surface area contributed by atoms with E-state index in [4.69, 9.17) is 11.6 Å². The van der Waals surface area contributed by atoms with Gasteiger partial charge in [-0.05, 0) is 43.6 Å². The average molecular weight is 326 g/mol. The van der Waals surface area contributed by atoms with E-state index in [0.29, 0.717) is 17.3 Å². The van der Waals surface area contributed by atoms with Crippen LogP contribution in [0.4, 0.5) is 4.79 Å². The molecule has 0 radical (unpaired) electrons. The van der Waals surface area contributed by atoms with E-state index in [1.807, 2.05) is 23.1 Å². The maximum atomic E-state index is 12.6. The number of nitrogens with zero attached hydrogens (tertiary/aromatic N) is 2. The summed E-state index contributed by atoms with van der Waals surface area (Å²) in [6.45, 7) is 1.50. The Hall–Kier alpha value is -2.27. The number of likely N-dealkylation sites (tertiary alicyclic amines) is 1. The number of hydrazine groups is 1. The van der Waals surface area contributed by atoms with Crippen molar-refractivity contribution in [2.75, 3.05) is 13.1 Å². The van der Waals surface area contributed by atoms with Gasteiger partial charge in [0.2, 0.25) is 0 Å². The van der Waals surface area contributed by atoms with Gasteiger partial charge in [-0.3, -0.25) is 0 Å². The predicted octanol–water partition coefficient (Wildman–Crippen LogP) is 2.76. The number of hydrogen-bond donors (Lipinski definition) is 2. The van der Waals surface area contributed by atoms with Crippen molar-refractivity contribution in [2.45, 2.75) is 32.1 Å². The van der Waals surface area contributed by atoms with Crippen LogP contribution in [0.15, 0.2) is 53.9 Å². The SMILES string of the molecule is NC1=CCCC=C1N(N)C(=O)N1CCC(Cc2ccccc2)CC1. The number of urea groups is 1. The molecule has 1 aromatic rings. The third kappa shape index (κ3) is 3.79. The Labute approximate surface area is 143 Å². The summed E-state index contributed by atoms with van der Waals surface area (Å²) >= 11 is 0. The Balaban J connectivity index is 1.53. The zero-order valence-corrected chi connectivity index (χ0v) is 14.0. The van der Waals surface area contributed by atoms with Crippen molar-refractivity contribution in [3.8, 4) is 0 Å². The van der Waals surface area contributed by atoms with Gasteiger partial charge >= 0.3 is 6.03 Å². The van der Waals surface area contributed by atoms with Crippen LogP contribution in [0.2, 0.25) is 0 Å². The van der Waals surface area contributed by atoms with Crippen LogP contribution in [-0.2, 0) is 6.42 Å². The highest BCUT2D eigenvalue weighted by molar-refractivity contribution is 5.76. The molecule has 1 heterocycles. The number of carbonyl (C=O) groups excluding carboxylic acids is 1. The maximum absolute atomic E-state index is 12.6. The van der Waals surface area contributed by atoms with Crippen LogP contribution in [0.3, 0.4) is 0 Å². The second-order valence-corrected chi connectivity index (χ2v) is 6.60. The van der Waals surface area contributed by atoms with Crippen LogP contribution >= 0.6 is 0 Å². The van der Waals surface area contributed by atoms with E-state index in [-0.39, 0.29) is 6.03 Å². The lowest BCUT2D eigenvalue weighted by atomic mass is 9.90. The summed E-state index contributed by atoms with van der Waals surface area (Å²) in [5, 5.41) is 1.21. The van der Waals surface area contributed by atoms with Crippen LogP contribution in [0, 0.1) is 5.92 Å². The number of allylic oxidation sites excluding steroid dienone is 2. The number of hydrogen-bond acceptors (Lipinski definition) is 3. The molecule has 1 aliphatic heterocycles. The zero-order chi connectivity index (χ0) is 16.9. The van der Waals surface area contributed by atoms with E-state index in [1.54, 1.807) is 0 Å². The van der Waals surface area contributed by atoms with Crippen LogP contribution in [0.1, 0.15) is 31.2 Å². The highest BCUT2D eigenvalue weighted by Gasteiger charge is 2.27. The second kappa shape index (κ2) is 7.53. The summed E-state index contributed by atoms with van der Waals surface area (Å²) in [5.41, 5.74) is 8.55. The molecule has 0 saturated carbocycles. The lowest BCUT2D eigenvalue weighted by molar-refractivity contribution is 0.143. The number of piperidine rings is 1. The molecule has 0 bridgehead atoms. The van der Waals surface area contributed by atoms with Gasteiger partial charge < -0.3 is 10.6 Å². The average Bonchev–Trinajstić information content (AvgIpc) is 2.62. The van der Waals surface area contributed by atoms with E-state index in [0.717, 1.165) is 45.2 Å². The first-order chi connectivity index (χ1) is 11.6. The first-order valence-corrected chi connectivity index (χ1v) is 8.69. The van der Waals surface area contributed by atoms with E-state index < -0.39 is 0 Å². The number of benzene rings is 1. The van der Waals surface area contributed by atoms with Crippen molar-refractivity contribution in [1.82, 2.24) is 9.91 Å². The van der Waals surface area contributed by atoms with Gasteiger partial charge in [0.05, 0.1) is 11.4 Å². The quantitative estimate of drug-likeness (QED) is 0.509. The third-order valence-corrected chi connectivity index (χ3v) is 4.88. The van der Waals surface area contributed by atoms with Gasteiger partial charge in [-0.2, -0.15) is 0 Å². The third-order valence-electron chi connectivity index (χ3n) is 4.88. The Morgan fingerprint density at radius 1 is 1.12 bits per heavy atom. The largest absolute Gasteiger partial charge is 0.397 e. The summed E-state index contributed by atoms with van der Waals surface area (Å²) in [6, 6.07) is 10.4. The van der Waals surface area contributed by atoms with Gasteiger partial charge in [0.25, 0.3) is 0 Å². The highest BCUT2D eigenvalue weighted by atomic mass is 16.2. The van der Waals surface area contributed by atoms with Crippen LogP contribution in [0.5, 0.6) is 0 Å². The van der Waals surface area contributed by atoms with Gasteiger partial charge in [-0.25, -0.2) is 15.6 Å². The number of amides is 2. The van der Waals surface area contributed by atoms with Crippen molar-refractivity contribution in [3.05, 3.63) is 59.4 Å². The predicted molar refractivity (Wildman–Crippen MR) is 95.5 cm³/mol. The van der Waals surface area contributed by atoms with Gasteiger partial charge in [-0.1, -0.05) is 42.5 Å². The molecular weight excluding hydrogens is 300 g/mol. The number of nitrogens with two attached hydrogens (primary N) is 2. The Morgan fingerprint density at radius 2 is 1.79 bits per heavy atom. The zero-order valence-electron chi connectivity index (χ0n) is 14.0. The first-order valence-electron chi connectivity index (χ1n) is 8.69. The Morgan fingerprint density at radius 3 is 2.46 bits per heavy atom. The van der Waals surface area contributed by atoms with Gasteiger partial charge in [0, 0.05) is 13.1 Å². The molecule has 1 saturated heterocycles. The maximum Gasteiger partial charge on any atom is 0.338 e. The molecule has 0 aromatic heterocycles. The van der Waals surface area contributed by atoms with Crippen molar-refractivity contribution in [1.29, 1.82) is 0 Å². The minimum absolute atomic E-state index is 0.155. The van der Waals surface area contributed by atoms with Gasteiger partial charge in [0.1, 0.15) is 0 Å². The Bertz CT molecular complexity index is 630. The molecule has 2 aliphatic rings. The molecule has 1 aliphatic carbocycles. The number of carbonyl (C=O) groups is 1. The molecule has 24 heavy (non-hydrogen) atoms. The van der Waals surface area contributed by atoms with Gasteiger partial charge in [0.15, 0.2) is 0 Å². The molecule has 5 heteroatoms. The molecule has 0 unspecified atom stereocenters. The summed E-state index contributed by atoms with van der Waals surface area (Å²) in [7, 11) is 0. The van der Waals surface area contributed by atoms with Crippen LogP contribution in [-0.4, -0.2) is 29.0 Å². The highest BCUT2D eigenvalue weighted by Crippen LogP contribution is 2.24. The normalized spacial score (nSPS) is 18.8. The van der Waals surface area contributed by atoms with E-state index in [9.17, 15) is 4.79 Å². The molecule has 3 rings (SSSR count).